The normalized spacial score (nSPS) is 10.8. The first-order valence-electron chi connectivity index (χ1n) is 7.81. The molecular formula is C18H15F3N2O5. The highest BCUT2D eigenvalue weighted by Crippen LogP contribution is 2.30. The van der Waals surface area contributed by atoms with Crippen LogP contribution in [0.25, 0.3) is 0 Å². The van der Waals surface area contributed by atoms with Crippen molar-refractivity contribution in [3.05, 3.63) is 59.7 Å². The second-order valence-corrected chi connectivity index (χ2v) is 5.44. The number of carbonyl (C=O) groups excluding carboxylic acids is 3. The average Bonchev–Trinajstić information content (AvgIpc) is 2.64. The van der Waals surface area contributed by atoms with Crippen LogP contribution in [0.3, 0.4) is 0 Å². The molecule has 0 heterocycles. The number of nitrogens with two attached hydrogens (primary N) is 1. The molecule has 2 amide bonds. The topological polar surface area (TPSA) is 108 Å². The lowest BCUT2D eigenvalue weighted by atomic mass is 10.2. The van der Waals surface area contributed by atoms with Gasteiger partial charge in [-0.15, -0.1) is 0 Å². The van der Waals surface area contributed by atoms with Crippen LogP contribution in [0.15, 0.2) is 48.5 Å². The van der Waals surface area contributed by atoms with E-state index in [2.05, 4.69) is 10.1 Å². The zero-order valence-electron chi connectivity index (χ0n) is 14.3. The van der Waals surface area contributed by atoms with Crippen LogP contribution in [0.4, 0.5) is 18.9 Å². The number of hydrogen-bond donors (Lipinski definition) is 2. The Hall–Kier alpha value is -3.56. The van der Waals surface area contributed by atoms with Gasteiger partial charge in [0.25, 0.3) is 11.8 Å². The van der Waals surface area contributed by atoms with Gasteiger partial charge in [0.1, 0.15) is 5.75 Å². The molecule has 3 N–H and O–H groups in total. The molecule has 148 valence electrons. The van der Waals surface area contributed by atoms with Crippen molar-refractivity contribution in [1.29, 1.82) is 0 Å². The van der Waals surface area contributed by atoms with Gasteiger partial charge in [-0.2, -0.15) is 13.2 Å². The van der Waals surface area contributed by atoms with E-state index in [0.717, 1.165) is 18.2 Å². The quantitative estimate of drug-likeness (QED) is 0.699. The van der Waals surface area contributed by atoms with E-state index in [4.69, 9.17) is 10.5 Å². The Balaban J connectivity index is 1.83. The summed E-state index contributed by atoms with van der Waals surface area (Å²) in [5.74, 6) is -2.42. The second kappa shape index (κ2) is 8.89. The largest absolute Gasteiger partial charge is 0.481 e. The first-order valence-corrected chi connectivity index (χ1v) is 7.81. The van der Waals surface area contributed by atoms with Crippen LogP contribution in [0.2, 0.25) is 0 Å². The molecule has 10 heteroatoms. The molecule has 0 aliphatic rings. The van der Waals surface area contributed by atoms with Crippen molar-refractivity contribution < 1.29 is 37.0 Å². The van der Waals surface area contributed by atoms with Gasteiger partial charge in [0.15, 0.2) is 13.2 Å². The van der Waals surface area contributed by atoms with Gasteiger partial charge in [0, 0.05) is 5.69 Å². The highest BCUT2D eigenvalue weighted by molar-refractivity contribution is 5.95. The van der Waals surface area contributed by atoms with Crippen LogP contribution in [0.5, 0.6) is 5.75 Å². The third-order valence-corrected chi connectivity index (χ3v) is 3.34. The Bertz CT molecular complexity index is 884. The molecule has 0 fully saturated rings. The maximum absolute atomic E-state index is 12.6. The lowest BCUT2D eigenvalue weighted by Gasteiger charge is -2.11. The molecule has 0 unspecified atom stereocenters. The van der Waals surface area contributed by atoms with E-state index in [-0.39, 0.29) is 17.0 Å². The number of para-hydroxylation sites is 1. The minimum Gasteiger partial charge on any atom is -0.481 e. The van der Waals surface area contributed by atoms with Gasteiger partial charge >= 0.3 is 12.1 Å². The Morgan fingerprint density at radius 2 is 1.71 bits per heavy atom. The number of esters is 1. The molecule has 2 aromatic rings. The zero-order chi connectivity index (χ0) is 20.7. The molecule has 2 aromatic carbocycles. The second-order valence-electron chi connectivity index (χ2n) is 5.44. The van der Waals surface area contributed by atoms with Crippen LogP contribution in [-0.4, -0.2) is 31.0 Å². The van der Waals surface area contributed by atoms with E-state index in [1.807, 2.05) is 0 Å². The third-order valence-electron chi connectivity index (χ3n) is 3.34. The number of carbonyl (C=O) groups is 3. The lowest BCUT2D eigenvalue weighted by molar-refractivity contribution is -0.149. The highest BCUT2D eigenvalue weighted by atomic mass is 19.4. The zero-order valence-corrected chi connectivity index (χ0v) is 14.3. The first kappa shape index (κ1) is 20.7. The van der Waals surface area contributed by atoms with E-state index in [9.17, 15) is 27.6 Å². The van der Waals surface area contributed by atoms with Crippen LogP contribution < -0.4 is 15.8 Å². The summed E-state index contributed by atoms with van der Waals surface area (Å²) >= 11 is 0. The van der Waals surface area contributed by atoms with Crippen LogP contribution in [0, 0.1) is 0 Å². The number of alkyl halides is 3. The molecule has 0 bridgehead atoms. The summed E-state index contributed by atoms with van der Waals surface area (Å²) in [6.07, 6.45) is -4.55. The Morgan fingerprint density at radius 3 is 2.39 bits per heavy atom. The average molecular weight is 396 g/mol. The van der Waals surface area contributed by atoms with E-state index in [1.54, 1.807) is 12.1 Å². The Kier molecular flexibility index (Phi) is 6.59. The number of benzene rings is 2. The number of ether oxygens (including phenoxy) is 2. The fraction of sp³-hybridized carbons (Fsp3) is 0.167. The van der Waals surface area contributed by atoms with Gasteiger partial charge in [-0.1, -0.05) is 18.2 Å². The number of primary amides is 1. The van der Waals surface area contributed by atoms with Gasteiger partial charge < -0.3 is 20.5 Å². The van der Waals surface area contributed by atoms with E-state index >= 15 is 0 Å². The number of hydrogen-bond acceptors (Lipinski definition) is 5. The molecule has 0 aromatic heterocycles. The SMILES string of the molecule is NC(=O)c1ccccc1OCC(=O)OCC(=O)Nc1cccc(C(F)(F)F)c1. The smallest absolute Gasteiger partial charge is 0.416 e. The summed E-state index contributed by atoms with van der Waals surface area (Å²) in [4.78, 5) is 34.6. The molecule has 0 saturated heterocycles. The van der Waals surface area contributed by atoms with E-state index < -0.39 is 42.7 Å². The molecule has 0 atom stereocenters. The van der Waals surface area contributed by atoms with Crippen molar-refractivity contribution in [3.63, 3.8) is 0 Å². The maximum atomic E-state index is 12.6. The van der Waals surface area contributed by atoms with Crippen molar-refractivity contribution in [2.75, 3.05) is 18.5 Å². The van der Waals surface area contributed by atoms with Crippen LogP contribution in [-0.2, 0) is 20.5 Å². The van der Waals surface area contributed by atoms with Gasteiger partial charge in [-0.25, -0.2) is 4.79 Å². The van der Waals surface area contributed by atoms with Gasteiger partial charge in [0.05, 0.1) is 11.1 Å². The summed E-state index contributed by atoms with van der Waals surface area (Å²) < 4.78 is 47.7. The predicted molar refractivity (Wildman–Crippen MR) is 91.5 cm³/mol. The Labute approximate surface area is 157 Å². The number of nitrogens with one attached hydrogen (secondary N) is 1. The minimum atomic E-state index is -4.55. The Morgan fingerprint density at radius 1 is 1.00 bits per heavy atom. The number of amides is 2. The van der Waals surface area contributed by atoms with Gasteiger partial charge in [0.2, 0.25) is 0 Å². The fourth-order valence-corrected chi connectivity index (χ4v) is 2.09. The van der Waals surface area contributed by atoms with E-state index in [0.29, 0.717) is 0 Å². The molecule has 2 rings (SSSR count). The molecule has 0 aliphatic carbocycles. The molecular weight excluding hydrogens is 381 g/mol. The van der Waals surface area contributed by atoms with E-state index in [1.165, 1.54) is 18.2 Å². The summed E-state index contributed by atoms with van der Waals surface area (Å²) in [7, 11) is 0. The molecule has 0 aliphatic heterocycles. The predicted octanol–water partition coefficient (Wildman–Crippen LogP) is 2.36. The van der Waals surface area contributed by atoms with Crippen molar-refractivity contribution in [2.45, 2.75) is 6.18 Å². The summed E-state index contributed by atoms with van der Waals surface area (Å²) in [6.45, 7) is -1.32. The van der Waals surface area contributed by atoms with Crippen molar-refractivity contribution in [1.82, 2.24) is 0 Å². The molecule has 28 heavy (non-hydrogen) atoms. The molecule has 7 nitrogen and oxygen atoms in total. The molecule has 0 spiro atoms. The van der Waals surface area contributed by atoms with Gasteiger partial charge in [-0.3, -0.25) is 9.59 Å². The van der Waals surface area contributed by atoms with Crippen LogP contribution in [0.1, 0.15) is 15.9 Å². The summed E-state index contributed by atoms with van der Waals surface area (Å²) in [5, 5.41) is 2.19. The highest BCUT2D eigenvalue weighted by Gasteiger charge is 2.30. The molecule has 0 saturated carbocycles. The minimum absolute atomic E-state index is 0.0672. The monoisotopic (exact) mass is 396 g/mol. The third kappa shape index (κ3) is 6.01. The van der Waals surface area contributed by atoms with Crippen molar-refractivity contribution >= 4 is 23.5 Å². The maximum Gasteiger partial charge on any atom is 0.416 e. The lowest BCUT2D eigenvalue weighted by Crippen LogP contribution is -2.24. The van der Waals surface area contributed by atoms with Crippen molar-refractivity contribution in [2.24, 2.45) is 5.73 Å². The number of anilines is 1. The van der Waals surface area contributed by atoms with Gasteiger partial charge in [-0.05, 0) is 30.3 Å². The first-order chi connectivity index (χ1) is 13.2. The van der Waals surface area contributed by atoms with Crippen LogP contribution >= 0.6 is 0 Å². The summed E-state index contributed by atoms with van der Waals surface area (Å²) in [5.41, 5.74) is 4.22. The van der Waals surface area contributed by atoms with Crippen molar-refractivity contribution in [3.8, 4) is 5.75 Å². The summed E-state index contributed by atoms with van der Waals surface area (Å²) in [6, 6.07) is 9.96. The fourth-order valence-electron chi connectivity index (χ4n) is 2.09. The standard InChI is InChI=1S/C18H15F3N2O5/c19-18(20,21)11-4-3-5-12(8-11)23-15(24)9-28-16(25)10-27-14-7-2-1-6-13(14)17(22)26/h1-8H,9-10H2,(H2,22,26)(H,23,24). The molecule has 0 radical (unpaired) electrons. The number of halogens is 3. The number of rotatable bonds is 7.